The van der Waals surface area contributed by atoms with Gasteiger partial charge in [-0.1, -0.05) is 108 Å². The molecule has 0 aliphatic carbocycles. The van der Waals surface area contributed by atoms with Crippen molar-refractivity contribution in [3.8, 4) is 0 Å². The summed E-state index contributed by atoms with van der Waals surface area (Å²) in [6.07, 6.45) is -1.89. The molecule has 1 saturated heterocycles. The maximum atomic E-state index is 12.0. The predicted molar refractivity (Wildman–Crippen MR) is 162 cm³/mol. The van der Waals surface area contributed by atoms with Gasteiger partial charge in [0.05, 0.1) is 24.9 Å². The third kappa shape index (κ3) is 8.00. The molecule has 4 rings (SSSR count). The Kier molecular flexibility index (Phi) is 10.7. The van der Waals surface area contributed by atoms with Crippen molar-refractivity contribution >= 4 is 46.4 Å². The van der Waals surface area contributed by atoms with Gasteiger partial charge in [0.25, 0.3) is 9.70 Å². The lowest BCUT2D eigenvalue weighted by atomic mass is 9.89. The van der Waals surface area contributed by atoms with Crippen LogP contribution >= 0.6 is 34.8 Å². The van der Waals surface area contributed by atoms with Gasteiger partial charge in [-0.05, 0) is 42.8 Å². The van der Waals surface area contributed by atoms with Crippen molar-refractivity contribution in [3.05, 3.63) is 101 Å². The van der Waals surface area contributed by atoms with Crippen LogP contribution in [0.4, 0.5) is 5.69 Å². The molecule has 0 spiro atoms. The summed E-state index contributed by atoms with van der Waals surface area (Å²) in [6.45, 7) is 4.60. The topological polar surface area (TPSA) is 91.3 Å². The number of ether oxygens (including phenoxy) is 2. The fraction of sp³-hybridized carbons (Fsp3) is 0.387. The molecule has 1 amide bonds. The molecule has 1 aliphatic heterocycles. The zero-order chi connectivity index (χ0) is 29.7. The number of hydrogen-bond donors (Lipinski definition) is 3. The molecule has 3 aromatic carbocycles. The molecule has 10 heteroatoms. The van der Waals surface area contributed by atoms with Crippen LogP contribution in [0.1, 0.15) is 54.6 Å². The molecule has 1 heterocycles. The van der Waals surface area contributed by atoms with Crippen LogP contribution in [0.15, 0.2) is 78.9 Å². The lowest BCUT2D eigenvalue weighted by molar-refractivity contribution is -0.276. The fourth-order valence-corrected chi connectivity index (χ4v) is 5.02. The van der Waals surface area contributed by atoms with E-state index in [1.807, 2.05) is 68.6 Å². The SMILES string of the molecule is C[C@@H]1[C@H](CN(C)[C@H](C)[C@@H](O)c2ccccc2)O[C@H](c2ccc(NC(=O)C(Cl)(Cl)Cl)cc2)O[C@@H]1c1ccc(CO)cc1. The lowest BCUT2D eigenvalue weighted by Gasteiger charge is -2.43. The van der Waals surface area contributed by atoms with Gasteiger partial charge in [0.15, 0.2) is 6.29 Å². The Balaban J connectivity index is 1.56. The highest BCUT2D eigenvalue weighted by molar-refractivity contribution is 6.76. The second kappa shape index (κ2) is 13.8. The number of benzene rings is 3. The van der Waals surface area contributed by atoms with E-state index in [0.29, 0.717) is 12.2 Å². The highest BCUT2D eigenvalue weighted by Crippen LogP contribution is 2.42. The van der Waals surface area contributed by atoms with Crippen LogP contribution in [-0.4, -0.2) is 50.6 Å². The molecular weight excluding hydrogens is 587 g/mol. The minimum absolute atomic E-state index is 0.0300. The monoisotopic (exact) mass is 620 g/mol. The minimum atomic E-state index is -2.08. The molecule has 0 aromatic heterocycles. The quantitative estimate of drug-likeness (QED) is 0.242. The Morgan fingerprint density at radius 1 is 0.976 bits per heavy atom. The maximum Gasteiger partial charge on any atom is 0.276 e. The molecule has 0 radical (unpaired) electrons. The summed E-state index contributed by atoms with van der Waals surface area (Å²) >= 11 is 17.0. The molecule has 3 N–H and O–H groups in total. The van der Waals surface area contributed by atoms with Crippen LogP contribution in [0.25, 0.3) is 0 Å². The second-order valence-electron chi connectivity index (χ2n) is 10.4. The largest absolute Gasteiger partial charge is 0.392 e. The average Bonchev–Trinajstić information content (AvgIpc) is 2.97. The normalized spacial score (nSPS) is 22.8. The number of aliphatic hydroxyl groups excluding tert-OH is 2. The molecular formula is C31H35Cl3N2O5. The van der Waals surface area contributed by atoms with Crippen molar-refractivity contribution in [2.24, 2.45) is 5.92 Å². The Morgan fingerprint density at radius 3 is 2.17 bits per heavy atom. The van der Waals surface area contributed by atoms with Crippen LogP contribution in [0.5, 0.6) is 0 Å². The molecule has 7 nitrogen and oxygen atoms in total. The molecule has 0 saturated carbocycles. The van der Waals surface area contributed by atoms with Gasteiger partial charge in [0.2, 0.25) is 0 Å². The van der Waals surface area contributed by atoms with Gasteiger partial charge in [-0.2, -0.15) is 0 Å². The zero-order valence-corrected chi connectivity index (χ0v) is 25.4. The number of halogens is 3. The van der Waals surface area contributed by atoms with Crippen LogP contribution in [0, 0.1) is 5.92 Å². The molecule has 6 atom stereocenters. The number of nitrogens with zero attached hydrogens (tertiary/aromatic N) is 1. The zero-order valence-electron chi connectivity index (χ0n) is 23.1. The average molecular weight is 622 g/mol. The van der Waals surface area contributed by atoms with Gasteiger partial charge in [0.1, 0.15) is 0 Å². The number of carbonyl (C=O) groups excluding carboxylic acids is 1. The summed E-state index contributed by atoms with van der Waals surface area (Å²) in [5.74, 6) is -0.784. The van der Waals surface area contributed by atoms with Crippen LogP contribution in [0.2, 0.25) is 0 Å². The van der Waals surface area contributed by atoms with Crippen molar-refractivity contribution < 1.29 is 24.5 Å². The van der Waals surface area contributed by atoms with E-state index in [-0.39, 0.29) is 30.8 Å². The molecule has 41 heavy (non-hydrogen) atoms. The predicted octanol–water partition coefficient (Wildman–Crippen LogP) is 6.33. The summed E-state index contributed by atoms with van der Waals surface area (Å²) in [5, 5.41) is 23.1. The number of rotatable bonds is 9. The highest BCUT2D eigenvalue weighted by Gasteiger charge is 2.39. The summed E-state index contributed by atoms with van der Waals surface area (Å²) in [7, 11) is 1.98. The van der Waals surface area contributed by atoms with Crippen molar-refractivity contribution in [2.45, 2.75) is 54.9 Å². The van der Waals surface area contributed by atoms with E-state index < -0.39 is 22.1 Å². The number of hydrogen-bond acceptors (Lipinski definition) is 6. The first kappa shape index (κ1) is 31.7. The highest BCUT2D eigenvalue weighted by atomic mass is 35.6. The summed E-state index contributed by atoms with van der Waals surface area (Å²) < 4.78 is 11.0. The van der Waals surface area contributed by atoms with Crippen molar-refractivity contribution in [1.82, 2.24) is 4.90 Å². The second-order valence-corrected chi connectivity index (χ2v) is 12.7. The van der Waals surface area contributed by atoms with E-state index in [9.17, 15) is 15.0 Å². The Bertz CT molecular complexity index is 1270. The van der Waals surface area contributed by atoms with E-state index in [2.05, 4.69) is 17.1 Å². The number of likely N-dealkylation sites (N-methyl/N-ethyl adjacent to an activating group) is 1. The first-order valence-electron chi connectivity index (χ1n) is 13.4. The van der Waals surface area contributed by atoms with Gasteiger partial charge in [-0.25, -0.2) is 0 Å². The van der Waals surface area contributed by atoms with Gasteiger partial charge in [0, 0.05) is 29.8 Å². The third-order valence-corrected chi connectivity index (χ3v) is 8.10. The summed E-state index contributed by atoms with van der Waals surface area (Å²) in [4.78, 5) is 14.1. The fourth-order valence-electron chi connectivity index (χ4n) is 4.87. The van der Waals surface area contributed by atoms with Gasteiger partial charge >= 0.3 is 0 Å². The van der Waals surface area contributed by atoms with E-state index in [4.69, 9.17) is 44.3 Å². The molecule has 3 aromatic rings. The molecule has 1 fully saturated rings. The Labute approximate surface area is 255 Å². The van der Waals surface area contributed by atoms with E-state index in [1.165, 1.54) is 0 Å². The summed E-state index contributed by atoms with van der Waals surface area (Å²) in [6, 6.07) is 24.1. The van der Waals surface area contributed by atoms with Crippen molar-refractivity contribution in [1.29, 1.82) is 0 Å². The van der Waals surface area contributed by atoms with Gasteiger partial charge < -0.3 is 25.0 Å². The lowest BCUT2D eigenvalue weighted by Crippen LogP contribution is -2.46. The number of anilines is 1. The number of aliphatic hydroxyl groups is 2. The smallest absolute Gasteiger partial charge is 0.276 e. The van der Waals surface area contributed by atoms with E-state index >= 15 is 0 Å². The van der Waals surface area contributed by atoms with Gasteiger partial charge in [-0.15, -0.1) is 0 Å². The Morgan fingerprint density at radius 2 is 1.59 bits per heavy atom. The van der Waals surface area contributed by atoms with Crippen molar-refractivity contribution in [2.75, 3.05) is 18.9 Å². The first-order chi connectivity index (χ1) is 19.5. The molecule has 0 bridgehead atoms. The number of alkyl halides is 3. The maximum absolute atomic E-state index is 12.0. The van der Waals surface area contributed by atoms with Gasteiger partial charge in [-0.3, -0.25) is 9.69 Å². The van der Waals surface area contributed by atoms with E-state index in [0.717, 1.165) is 22.3 Å². The van der Waals surface area contributed by atoms with Crippen molar-refractivity contribution in [3.63, 3.8) is 0 Å². The standard InChI is InChI=1S/C31H35Cl3N2O5/c1-19-26(17-36(3)20(2)27(38)22-7-5-4-6-8-22)40-29(41-28(19)23-11-9-21(18-37)10-12-23)24-13-15-25(16-14-24)35-30(39)31(32,33)34/h4-16,19-20,26-29,37-38H,17-18H2,1-3H3,(H,35,39)/t19-,20-,26+,27-,28+,29+/m1/s1. The number of amides is 1. The molecule has 1 aliphatic rings. The summed E-state index contributed by atoms with van der Waals surface area (Å²) in [5.41, 5.74) is 3.86. The van der Waals surface area contributed by atoms with Crippen LogP contribution < -0.4 is 5.32 Å². The van der Waals surface area contributed by atoms with E-state index in [1.54, 1.807) is 24.3 Å². The van der Waals surface area contributed by atoms with Crippen LogP contribution in [0.3, 0.4) is 0 Å². The molecule has 220 valence electrons. The number of nitrogens with one attached hydrogen (secondary N) is 1. The first-order valence-corrected chi connectivity index (χ1v) is 14.5. The Hall–Kier alpha value is -2.20. The molecule has 0 unspecified atom stereocenters. The minimum Gasteiger partial charge on any atom is -0.392 e. The third-order valence-electron chi connectivity index (χ3n) is 7.58. The van der Waals surface area contributed by atoms with Crippen LogP contribution in [-0.2, 0) is 20.9 Å². The number of carbonyl (C=O) groups is 1.